The minimum absolute atomic E-state index is 0.219. The third-order valence-electron chi connectivity index (χ3n) is 0.338. The van der Waals surface area contributed by atoms with Gasteiger partial charge in [-0.25, -0.2) is 0 Å². The van der Waals surface area contributed by atoms with Gasteiger partial charge in [0.1, 0.15) is 0 Å². The first-order valence-corrected chi connectivity index (χ1v) is 1.68. The molecule has 0 rings (SSSR count). The average Bonchev–Trinajstić information content (AvgIpc) is 1.61. The zero-order valence-corrected chi connectivity index (χ0v) is 3.53. The van der Waals surface area contributed by atoms with Gasteiger partial charge in [-0.3, -0.25) is 5.43 Å². The van der Waals surface area contributed by atoms with E-state index in [9.17, 15) is 0 Å². The van der Waals surface area contributed by atoms with E-state index >= 15 is 0 Å². The van der Waals surface area contributed by atoms with Gasteiger partial charge in [0.15, 0.2) is 6.29 Å². The fourth-order valence-corrected chi connectivity index (χ4v) is 0.119. The largest absolute Gasteiger partial charge is 0.367 e. The molecule has 5 heteroatoms. The second-order valence-electron chi connectivity index (χ2n) is 0.934. The molecule has 0 bridgehead atoms. The molecule has 0 saturated carbocycles. The van der Waals surface area contributed by atoms with E-state index < -0.39 is 6.29 Å². The van der Waals surface area contributed by atoms with Gasteiger partial charge in [-0.05, 0) is 0 Å². The molecular formula is C2H6N2O3. The lowest BCUT2D eigenvalue weighted by molar-refractivity contribution is -0.0370. The summed E-state index contributed by atoms with van der Waals surface area (Å²) in [6.07, 6.45) is -1.50. The Labute approximate surface area is 39.9 Å². The smallest absolute Gasteiger partial charge is 0.170 e. The van der Waals surface area contributed by atoms with Crippen LogP contribution in [0.2, 0.25) is 0 Å². The van der Waals surface area contributed by atoms with E-state index in [-0.39, 0.29) is 6.54 Å². The Kier molecular flexibility index (Phi) is 3.17. The third-order valence-corrected chi connectivity index (χ3v) is 0.338. The Hall–Kier alpha value is -0.680. The Bertz CT molecular complexity index is 54.9. The summed E-state index contributed by atoms with van der Waals surface area (Å²) >= 11 is 0. The van der Waals surface area contributed by atoms with Crippen LogP contribution in [0.1, 0.15) is 0 Å². The van der Waals surface area contributed by atoms with Crippen molar-refractivity contribution in [1.29, 1.82) is 0 Å². The second kappa shape index (κ2) is 3.51. The van der Waals surface area contributed by atoms with Crippen LogP contribution in [0.3, 0.4) is 0 Å². The lowest BCUT2D eigenvalue weighted by atomic mass is 10.7. The first-order valence-electron chi connectivity index (χ1n) is 1.68. The number of nitrogens with zero attached hydrogens (tertiary/aromatic N) is 1. The molecule has 0 radical (unpaired) electrons. The quantitative estimate of drug-likeness (QED) is 0.234. The maximum Gasteiger partial charge on any atom is 0.170 e. The summed E-state index contributed by atoms with van der Waals surface area (Å²) in [6.45, 7) is -0.219. The lowest BCUT2D eigenvalue weighted by Crippen LogP contribution is -2.21. The van der Waals surface area contributed by atoms with Crippen LogP contribution in [-0.2, 0) is 0 Å². The van der Waals surface area contributed by atoms with E-state index in [0.717, 1.165) is 0 Å². The monoisotopic (exact) mass is 106 g/mol. The van der Waals surface area contributed by atoms with Gasteiger partial charge >= 0.3 is 0 Å². The third kappa shape index (κ3) is 5.32. The first kappa shape index (κ1) is 6.32. The zero-order chi connectivity index (χ0) is 5.70. The Morgan fingerprint density at radius 1 is 1.71 bits per heavy atom. The number of nitroso groups, excluding NO2 is 1. The number of hydrogen-bond donors (Lipinski definition) is 3. The fourth-order valence-electron chi connectivity index (χ4n) is 0.119. The van der Waals surface area contributed by atoms with E-state index in [1.54, 1.807) is 0 Å². The highest BCUT2D eigenvalue weighted by Gasteiger charge is 1.91. The standard InChI is InChI=1S/C2H6N2O3/c5-2(6)1-3-4-7/h2,5-6H,1H2,(H,3,7). The summed E-state index contributed by atoms with van der Waals surface area (Å²) < 4.78 is 0. The van der Waals surface area contributed by atoms with E-state index in [0.29, 0.717) is 0 Å². The highest BCUT2D eigenvalue weighted by molar-refractivity contribution is 4.36. The van der Waals surface area contributed by atoms with Gasteiger partial charge in [0.2, 0.25) is 0 Å². The molecule has 0 aliphatic rings. The van der Waals surface area contributed by atoms with Crippen LogP contribution in [0.4, 0.5) is 0 Å². The molecule has 0 spiro atoms. The van der Waals surface area contributed by atoms with Crippen LogP contribution in [0.5, 0.6) is 0 Å². The average molecular weight is 106 g/mol. The molecule has 0 aliphatic carbocycles. The molecule has 0 saturated heterocycles. The summed E-state index contributed by atoms with van der Waals surface area (Å²) in [5.41, 5.74) is 1.82. The number of hydrogen-bond acceptors (Lipinski definition) is 4. The minimum atomic E-state index is -1.50. The van der Waals surface area contributed by atoms with Crippen molar-refractivity contribution >= 4 is 0 Å². The molecular weight excluding hydrogens is 100 g/mol. The molecule has 3 N–H and O–H groups in total. The topological polar surface area (TPSA) is 81.9 Å². The van der Waals surface area contributed by atoms with Crippen molar-refractivity contribution in [3.8, 4) is 0 Å². The summed E-state index contributed by atoms with van der Waals surface area (Å²) in [5, 5.41) is 18.1. The zero-order valence-electron chi connectivity index (χ0n) is 3.53. The normalized spacial score (nSPS) is 9.00. The van der Waals surface area contributed by atoms with Crippen LogP contribution < -0.4 is 5.43 Å². The summed E-state index contributed by atoms with van der Waals surface area (Å²) in [4.78, 5) is 9.13. The van der Waals surface area contributed by atoms with Gasteiger partial charge in [0.25, 0.3) is 0 Å². The number of rotatable bonds is 3. The van der Waals surface area contributed by atoms with E-state index in [1.165, 1.54) is 0 Å². The molecule has 0 heterocycles. The molecule has 0 amide bonds. The van der Waals surface area contributed by atoms with Crippen LogP contribution in [0, 0.1) is 4.91 Å². The van der Waals surface area contributed by atoms with Crippen molar-refractivity contribution in [2.75, 3.05) is 6.54 Å². The van der Waals surface area contributed by atoms with Crippen molar-refractivity contribution in [3.63, 3.8) is 0 Å². The summed E-state index contributed by atoms with van der Waals surface area (Å²) in [7, 11) is 0. The Balaban J connectivity index is 2.81. The maximum atomic E-state index is 9.13. The predicted octanol–water partition coefficient (Wildman–Crippen LogP) is -1.43. The van der Waals surface area contributed by atoms with Crippen molar-refractivity contribution in [1.82, 2.24) is 5.43 Å². The first-order chi connectivity index (χ1) is 3.27. The van der Waals surface area contributed by atoms with E-state index in [2.05, 4.69) is 5.29 Å². The second-order valence-corrected chi connectivity index (χ2v) is 0.934. The van der Waals surface area contributed by atoms with Crippen molar-refractivity contribution < 1.29 is 10.2 Å². The van der Waals surface area contributed by atoms with E-state index in [1.807, 2.05) is 5.43 Å². The van der Waals surface area contributed by atoms with Crippen molar-refractivity contribution in [2.45, 2.75) is 6.29 Å². The molecule has 7 heavy (non-hydrogen) atoms. The molecule has 0 unspecified atom stereocenters. The van der Waals surface area contributed by atoms with Crippen LogP contribution in [0.25, 0.3) is 0 Å². The van der Waals surface area contributed by atoms with Gasteiger partial charge in [-0.15, -0.1) is 4.91 Å². The van der Waals surface area contributed by atoms with Crippen molar-refractivity contribution in [2.24, 2.45) is 5.29 Å². The highest BCUT2D eigenvalue weighted by Crippen LogP contribution is 1.66. The Morgan fingerprint density at radius 3 is 2.43 bits per heavy atom. The van der Waals surface area contributed by atoms with Crippen LogP contribution >= 0.6 is 0 Å². The predicted molar refractivity (Wildman–Crippen MR) is 22.0 cm³/mol. The molecule has 0 aromatic rings. The Morgan fingerprint density at radius 2 is 2.29 bits per heavy atom. The minimum Gasteiger partial charge on any atom is -0.367 e. The number of aliphatic hydroxyl groups is 2. The molecule has 5 nitrogen and oxygen atoms in total. The highest BCUT2D eigenvalue weighted by atomic mass is 16.5. The summed E-state index contributed by atoms with van der Waals surface area (Å²) in [6, 6.07) is 0. The van der Waals surface area contributed by atoms with Gasteiger partial charge in [0, 0.05) is 5.29 Å². The molecule has 0 aromatic carbocycles. The number of aliphatic hydroxyl groups excluding tert-OH is 1. The summed E-state index contributed by atoms with van der Waals surface area (Å²) in [5.74, 6) is 0. The van der Waals surface area contributed by atoms with Gasteiger partial charge in [0.05, 0.1) is 6.54 Å². The van der Waals surface area contributed by atoms with E-state index in [4.69, 9.17) is 15.1 Å². The maximum absolute atomic E-state index is 9.13. The van der Waals surface area contributed by atoms with Crippen LogP contribution in [-0.4, -0.2) is 23.0 Å². The number of nitrogens with one attached hydrogen (secondary N) is 1. The van der Waals surface area contributed by atoms with Gasteiger partial charge in [-0.1, -0.05) is 0 Å². The van der Waals surface area contributed by atoms with Crippen LogP contribution in [0.15, 0.2) is 5.29 Å². The molecule has 0 fully saturated rings. The molecule has 42 valence electrons. The molecule has 0 atom stereocenters. The lowest BCUT2D eigenvalue weighted by Gasteiger charge is -1.96. The fraction of sp³-hybridized carbons (Fsp3) is 1.00. The van der Waals surface area contributed by atoms with Crippen molar-refractivity contribution in [3.05, 3.63) is 4.91 Å². The molecule has 0 aliphatic heterocycles. The van der Waals surface area contributed by atoms with Gasteiger partial charge < -0.3 is 10.2 Å². The molecule has 0 aromatic heterocycles. The SMILES string of the molecule is O=NNCC(O)O. The van der Waals surface area contributed by atoms with Gasteiger partial charge in [-0.2, -0.15) is 0 Å².